The molecule has 0 saturated heterocycles. The molecule has 9 nitrogen and oxygen atoms in total. The van der Waals surface area contributed by atoms with Gasteiger partial charge in [-0.25, -0.2) is 4.79 Å². The van der Waals surface area contributed by atoms with Crippen molar-refractivity contribution in [3.05, 3.63) is 51.2 Å². The highest BCUT2D eigenvalue weighted by molar-refractivity contribution is 7.85. The first-order valence-corrected chi connectivity index (χ1v) is 11.4. The fraction of sp³-hybridized carbons (Fsp3) is 0.476. The smallest absolute Gasteiger partial charge is 0.336 e. The van der Waals surface area contributed by atoms with Gasteiger partial charge >= 0.3 is 11.9 Å². The van der Waals surface area contributed by atoms with Crippen LogP contribution >= 0.6 is 0 Å². The van der Waals surface area contributed by atoms with E-state index in [9.17, 15) is 23.9 Å². The zero-order valence-electron chi connectivity index (χ0n) is 18.0. The molecule has 1 aliphatic heterocycles. The number of aliphatic imine (C=N–C) groups is 1. The van der Waals surface area contributed by atoms with E-state index in [0.29, 0.717) is 17.0 Å². The topological polar surface area (TPSA) is 125 Å². The highest BCUT2D eigenvalue weighted by Gasteiger charge is 2.43. The van der Waals surface area contributed by atoms with E-state index in [1.54, 1.807) is 33.8 Å². The molecule has 0 amide bonds. The van der Waals surface area contributed by atoms with Gasteiger partial charge in [-0.3, -0.25) is 24.1 Å². The number of carbonyl (C=O) groups excluding carboxylic acids is 2. The van der Waals surface area contributed by atoms with Crippen molar-refractivity contribution in [1.29, 1.82) is 0 Å². The Morgan fingerprint density at radius 1 is 1.19 bits per heavy atom. The standard InChI is InChI=1S/C21H26N2O7S/c1-5-29-20(24)17-13(4)22-16(12-31(28)7-3)19(21(25)30-6-2)18(17)14-9-8-10-15(11-14)23(26)27/h8-11,17-18H,5-7,12H2,1-4H3. The Hall–Kier alpha value is -2.88. The molecule has 2 rings (SSSR count). The molecule has 1 aromatic carbocycles. The molecular weight excluding hydrogens is 424 g/mol. The first-order chi connectivity index (χ1) is 14.7. The number of ether oxygens (including phenoxy) is 2. The van der Waals surface area contributed by atoms with Gasteiger partial charge < -0.3 is 9.47 Å². The van der Waals surface area contributed by atoms with Gasteiger partial charge in [0.15, 0.2) is 0 Å². The number of rotatable bonds is 9. The Bertz CT molecular complexity index is 955. The summed E-state index contributed by atoms with van der Waals surface area (Å²) in [5.41, 5.74) is 0.915. The number of hydrogen-bond donors (Lipinski definition) is 0. The SMILES string of the molecule is CCOC(=O)C1=C(CS(=O)CC)N=C(C)C(C(=O)OCC)C1c1cccc([N+](=O)[O-])c1. The third-order valence-electron chi connectivity index (χ3n) is 4.81. The van der Waals surface area contributed by atoms with Gasteiger partial charge in [0, 0.05) is 40.3 Å². The van der Waals surface area contributed by atoms with Crippen molar-refractivity contribution in [3.63, 3.8) is 0 Å². The number of benzene rings is 1. The molecule has 3 atom stereocenters. The van der Waals surface area contributed by atoms with Gasteiger partial charge in [0.25, 0.3) is 5.69 Å². The summed E-state index contributed by atoms with van der Waals surface area (Å²) in [5, 5.41) is 11.3. The van der Waals surface area contributed by atoms with Crippen molar-refractivity contribution < 1.29 is 28.2 Å². The van der Waals surface area contributed by atoms with E-state index in [0.717, 1.165) is 0 Å². The summed E-state index contributed by atoms with van der Waals surface area (Å²) in [6.07, 6.45) is 0. The summed E-state index contributed by atoms with van der Waals surface area (Å²) < 4.78 is 22.7. The largest absolute Gasteiger partial charge is 0.465 e. The number of esters is 2. The molecule has 0 N–H and O–H groups in total. The fourth-order valence-corrected chi connectivity index (χ4v) is 4.21. The van der Waals surface area contributed by atoms with Gasteiger partial charge in [0.05, 0.1) is 35.2 Å². The summed E-state index contributed by atoms with van der Waals surface area (Å²) in [6.45, 7) is 6.89. The van der Waals surface area contributed by atoms with E-state index < -0.39 is 39.5 Å². The molecule has 3 unspecified atom stereocenters. The maximum absolute atomic E-state index is 13.0. The molecule has 31 heavy (non-hydrogen) atoms. The third kappa shape index (κ3) is 5.63. The van der Waals surface area contributed by atoms with Gasteiger partial charge in [-0.15, -0.1) is 0 Å². The maximum atomic E-state index is 13.0. The molecule has 1 aromatic rings. The normalized spacial score (nSPS) is 19.4. The summed E-state index contributed by atoms with van der Waals surface area (Å²) in [4.78, 5) is 41.1. The lowest BCUT2D eigenvalue weighted by atomic mass is 9.75. The first kappa shape index (κ1) is 24.4. The van der Waals surface area contributed by atoms with E-state index in [1.165, 1.54) is 18.2 Å². The van der Waals surface area contributed by atoms with Crippen molar-refractivity contribution in [1.82, 2.24) is 0 Å². The minimum absolute atomic E-state index is 0.00294. The Kier molecular flexibility index (Phi) is 8.61. The first-order valence-electron chi connectivity index (χ1n) is 9.96. The molecule has 0 fully saturated rings. The number of nitro groups is 1. The maximum Gasteiger partial charge on any atom is 0.336 e. The molecule has 0 saturated carbocycles. The monoisotopic (exact) mass is 450 g/mol. The Morgan fingerprint density at radius 3 is 2.45 bits per heavy atom. The van der Waals surface area contributed by atoms with E-state index in [-0.39, 0.29) is 35.9 Å². The van der Waals surface area contributed by atoms with Gasteiger partial charge in [0.1, 0.15) is 5.92 Å². The minimum atomic E-state index is -1.29. The number of carbonyl (C=O) groups is 2. The number of hydrogen-bond acceptors (Lipinski definition) is 8. The predicted octanol–water partition coefficient (Wildman–Crippen LogP) is 2.92. The Balaban J connectivity index is 2.78. The molecule has 1 heterocycles. The molecule has 0 radical (unpaired) electrons. The van der Waals surface area contributed by atoms with Gasteiger partial charge in [0.2, 0.25) is 0 Å². The fourth-order valence-electron chi connectivity index (χ4n) is 3.48. The van der Waals surface area contributed by atoms with Crippen molar-refractivity contribution in [3.8, 4) is 0 Å². The van der Waals surface area contributed by atoms with Crippen LogP contribution < -0.4 is 0 Å². The zero-order valence-corrected chi connectivity index (χ0v) is 18.8. The quantitative estimate of drug-likeness (QED) is 0.322. The third-order valence-corrected chi connectivity index (χ3v) is 6.05. The average molecular weight is 451 g/mol. The Labute approximate surface area is 183 Å². The molecule has 0 bridgehead atoms. The van der Waals surface area contributed by atoms with Crippen LogP contribution in [-0.2, 0) is 29.9 Å². The second-order valence-corrected chi connectivity index (χ2v) is 8.51. The summed E-state index contributed by atoms with van der Waals surface area (Å²) in [6, 6.07) is 5.75. The molecular formula is C21H26N2O7S. The lowest BCUT2D eigenvalue weighted by Gasteiger charge is -2.32. The van der Waals surface area contributed by atoms with Crippen molar-refractivity contribution in [2.45, 2.75) is 33.6 Å². The second kappa shape index (κ2) is 10.9. The van der Waals surface area contributed by atoms with Crippen LogP contribution in [-0.4, -0.2) is 51.5 Å². The molecule has 10 heteroatoms. The number of nitro benzene ring substituents is 1. The second-order valence-electron chi connectivity index (χ2n) is 6.77. The summed E-state index contributed by atoms with van der Waals surface area (Å²) in [5.74, 6) is -2.83. The zero-order chi connectivity index (χ0) is 23.1. The van der Waals surface area contributed by atoms with Crippen molar-refractivity contribution in [2.24, 2.45) is 10.9 Å². The van der Waals surface area contributed by atoms with Gasteiger partial charge in [-0.2, -0.15) is 0 Å². The summed E-state index contributed by atoms with van der Waals surface area (Å²) in [7, 11) is -1.29. The lowest BCUT2D eigenvalue weighted by molar-refractivity contribution is -0.384. The van der Waals surface area contributed by atoms with Crippen LogP contribution in [0.4, 0.5) is 5.69 Å². The summed E-state index contributed by atoms with van der Waals surface area (Å²) >= 11 is 0. The van der Waals surface area contributed by atoms with Crippen molar-refractivity contribution in [2.75, 3.05) is 24.7 Å². The molecule has 1 aliphatic rings. The highest BCUT2D eigenvalue weighted by atomic mass is 32.2. The molecule has 0 spiro atoms. The van der Waals surface area contributed by atoms with Crippen LogP contribution in [0.25, 0.3) is 0 Å². The minimum Gasteiger partial charge on any atom is -0.465 e. The van der Waals surface area contributed by atoms with Crippen LogP contribution in [0.3, 0.4) is 0 Å². The Morgan fingerprint density at radius 2 is 1.87 bits per heavy atom. The molecule has 0 aromatic heterocycles. The van der Waals surface area contributed by atoms with E-state index >= 15 is 0 Å². The van der Waals surface area contributed by atoms with Crippen LogP contribution in [0.2, 0.25) is 0 Å². The van der Waals surface area contributed by atoms with E-state index in [1.807, 2.05) is 0 Å². The van der Waals surface area contributed by atoms with Crippen LogP contribution in [0.15, 0.2) is 40.5 Å². The van der Waals surface area contributed by atoms with Crippen LogP contribution in [0.1, 0.15) is 39.2 Å². The number of nitrogens with zero attached hydrogens (tertiary/aromatic N) is 2. The predicted molar refractivity (Wildman–Crippen MR) is 116 cm³/mol. The lowest BCUT2D eigenvalue weighted by Crippen LogP contribution is -2.37. The van der Waals surface area contributed by atoms with Crippen LogP contribution in [0, 0.1) is 16.0 Å². The molecule has 0 aliphatic carbocycles. The van der Waals surface area contributed by atoms with Crippen molar-refractivity contribution >= 4 is 34.1 Å². The van der Waals surface area contributed by atoms with E-state index in [4.69, 9.17) is 9.47 Å². The van der Waals surface area contributed by atoms with Gasteiger partial charge in [-0.05, 0) is 26.3 Å². The number of non-ortho nitro benzene ring substituents is 1. The molecule has 168 valence electrons. The van der Waals surface area contributed by atoms with Crippen LogP contribution in [0.5, 0.6) is 0 Å². The van der Waals surface area contributed by atoms with Gasteiger partial charge in [-0.1, -0.05) is 19.1 Å². The van der Waals surface area contributed by atoms with E-state index in [2.05, 4.69) is 4.99 Å². The highest BCUT2D eigenvalue weighted by Crippen LogP contribution is 2.41. The average Bonchev–Trinajstić information content (AvgIpc) is 2.73.